The Bertz CT molecular complexity index is 316. The maximum absolute atomic E-state index is 11.6. The summed E-state index contributed by atoms with van der Waals surface area (Å²) < 4.78 is 3.50. The summed E-state index contributed by atoms with van der Waals surface area (Å²) in [5, 5.41) is 0. The summed E-state index contributed by atoms with van der Waals surface area (Å²) in [6.07, 6.45) is 7.06. The summed E-state index contributed by atoms with van der Waals surface area (Å²) in [4.78, 5) is 11.6. The second kappa shape index (κ2) is 5.96. The van der Waals surface area contributed by atoms with Crippen LogP contribution >= 0.6 is 12.6 Å². The van der Waals surface area contributed by atoms with Crippen molar-refractivity contribution in [1.82, 2.24) is 9.13 Å². The van der Waals surface area contributed by atoms with Gasteiger partial charge in [-0.25, -0.2) is 4.79 Å². The van der Waals surface area contributed by atoms with E-state index in [0.717, 1.165) is 38.1 Å². The normalized spacial score (nSPS) is 10.7. The van der Waals surface area contributed by atoms with Crippen LogP contribution < -0.4 is 5.69 Å². The molecule has 0 saturated heterocycles. The Hall–Kier alpha value is -0.640. The molecule has 80 valence electrons. The SMILES string of the molecule is CCn1ccn(CCCCCS)c1=O. The molecule has 4 heteroatoms. The van der Waals surface area contributed by atoms with Crippen LogP contribution in [-0.2, 0) is 13.1 Å². The Balaban J connectivity index is 2.43. The lowest BCUT2D eigenvalue weighted by Crippen LogP contribution is -2.23. The average molecular weight is 214 g/mol. The Kier molecular flexibility index (Phi) is 4.87. The van der Waals surface area contributed by atoms with Crippen LogP contribution in [0.1, 0.15) is 26.2 Å². The number of aromatic nitrogens is 2. The lowest BCUT2D eigenvalue weighted by Gasteiger charge is -2.00. The lowest BCUT2D eigenvalue weighted by molar-refractivity contribution is 0.572. The van der Waals surface area contributed by atoms with E-state index in [1.165, 1.54) is 0 Å². The van der Waals surface area contributed by atoms with E-state index < -0.39 is 0 Å². The summed E-state index contributed by atoms with van der Waals surface area (Å²) >= 11 is 4.15. The molecular formula is C10H18N2OS. The van der Waals surface area contributed by atoms with Crippen molar-refractivity contribution in [2.75, 3.05) is 5.75 Å². The first-order valence-electron chi connectivity index (χ1n) is 5.16. The molecule has 1 aromatic heterocycles. The van der Waals surface area contributed by atoms with Crippen molar-refractivity contribution in [3.8, 4) is 0 Å². The van der Waals surface area contributed by atoms with Gasteiger partial charge in [-0.15, -0.1) is 0 Å². The van der Waals surface area contributed by atoms with Crippen molar-refractivity contribution < 1.29 is 0 Å². The largest absolute Gasteiger partial charge is 0.328 e. The smallest absolute Gasteiger partial charge is 0.300 e. The van der Waals surface area contributed by atoms with E-state index in [-0.39, 0.29) is 5.69 Å². The third kappa shape index (κ3) is 2.94. The molecule has 0 amide bonds. The predicted molar refractivity (Wildman–Crippen MR) is 62.1 cm³/mol. The Morgan fingerprint density at radius 2 is 1.93 bits per heavy atom. The maximum atomic E-state index is 11.6. The molecule has 3 nitrogen and oxygen atoms in total. The summed E-state index contributed by atoms with van der Waals surface area (Å²) in [6, 6.07) is 0. The molecule has 0 bridgehead atoms. The fraction of sp³-hybridized carbons (Fsp3) is 0.700. The van der Waals surface area contributed by atoms with Crippen molar-refractivity contribution in [2.45, 2.75) is 39.3 Å². The van der Waals surface area contributed by atoms with Gasteiger partial charge in [0.2, 0.25) is 0 Å². The fourth-order valence-electron chi connectivity index (χ4n) is 1.44. The van der Waals surface area contributed by atoms with Gasteiger partial charge in [-0.05, 0) is 25.5 Å². The van der Waals surface area contributed by atoms with E-state index in [0.29, 0.717) is 0 Å². The molecule has 1 aromatic rings. The van der Waals surface area contributed by atoms with Gasteiger partial charge >= 0.3 is 5.69 Å². The summed E-state index contributed by atoms with van der Waals surface area (Å²) in [5.74, 6) is 0.935. The van der Waals surface area contributed by atoms with E-state index in [1.807, 2.05) is 19.3 Å². The minimum atomic E-state index is 0.110. The topological polar surface area (TPSA) is 26.9 Å². The highest BCUT2D eigenvalue weighted by atomic mass is 32.1. The van der Waals surface area contributed by atoms with E-state index in [1.54, 1.807) is 9.13 Å². The number of imidazole rings is 1. The summed E-state index contributed by atoms with van der Waals surface area (Å²) in [6.45, 7) is 3.56. The molecule has 0 aliphatic rings. The van der Waals surface area contributed by atoms with Crippen LogP contribution in [0.15, 0.2) is 17.2 Å². The predicted octanol–water partition coefficient (Wildman–Crippen LogP) is 1.77. The van der Waals surface area contributed by atoms with Crippen LogP contribution in [-0.4, -0.2) is 14.9 Å². The minimum Gasteiger partial charge on any atom is -0.300 e. The number of unbranched alkanes of at least 4 members (excludes halogenated alkanes) is 2. The Morgan fingerprint density at radius 3 is 2.50 bits per heavy atom. The van der Waals surface area contributed by atoms with Gasteiger partial charge in [0.25, 0.3) is 0 Å². The van der Waals surface area contributed by atoms with Gasteiger partial charge in [0.15, 0.2) is 0 Å². The van der Waals surface area contributed by atoms with Gasteiger partial charge in [0.1, 0.15) is 0 Å². The summed E-state index contributed by atoms with van der Waals surface area (Å²) in [7, 11) is 0. The number of aryl methyl sites for hydroxylation is 2. The molecule has 0 fully saturated rings. The molecule has 1 rings (SSSR count). The van der Waals surface area contributed by atoms with Gasteiger partial charge in [-0.2, -0.15) is 12.6 Å². The van der Waals surface area contributed by atoms with Crippen molar-refractivity contribution in [2.24, 2.45) is 0 Å². The molecule has 0 aliphatic carbocycles. The van der Waals surface area contributed by atoms with Crippen molar-refractivity contribution >= 4 is 12.6 Å². The van der Waals surface area contributed by atoms with Gasteiger partial charge in [0.05, 0.1) is 0 Å². The molecule has 0 radical (unpaired) electrons. The number of hydrogen-bond donors (Lipinski definition) is 1. The van der Waals surface area contributed by atoms with E-state index in [9.17, 15) is 4.79 Å². The second-order valence-electron chi connectivity index (χ2n) is 3.34. The number of thiol groups is 1. The van der Waals surface area contributed by atoms with Crippen LogP contribution in [0.2, 0.25) is 0 Å². The highest BCUT2D eigenvalue weighted by Crippen LogP contribution is 1.98. The molecule has 0 aromatic carbocycles. The monoisotopic (exact) mass is 214 g/mol. The molecule has 0 N–H and O–H groups in total. The second-order valence-corrected chi connectivity index (χ2v) is 3.79. The zero-order valence-electron chi connectivity index (χ0n) is 8.65. The van der Waals surface area contributed by atoms with Crippen LogP contribution in [0.4, 0.5) is 0 Å². The Labute approximate surface area is 90.2 Å². The number of hydrogen-bond acceptors (Lipinski definition) is 2. The molecule has 1 heterocycles. The van der Waals surface area contributed by atoms with E-state index in [4.69, 9.17) is 0 Å². The zero-order chi connectivity index (χ0) is 10.4. The Morgan fingerprint density at radius 1 is 1.21 bits per heavy atom. The highest BCUT2D eigenvalue weighted by molar-refractivity contribution is 7.80. The molecule has 0 aliphatic heterocycles. The molecule has 14 heavy (non-hydrogen) atoms. The third-order valence-corrected chi connectivity index (χ3v) is 2.63. The molecule has 0 unspecified atom stereocenters. The van der Waals surface area contributed by atoms with Crippen LogP contribution in [0, 0.1) is 0 Å². The first-order valence-corrected chi connectivity index (χ1v) is 5.79. The molecule has 0 atom stereocenters. The van der Waals surface area contributed by atoms with Gasteiger partial charge in [0, 0.05) is 25.5 Å². The van der Waals surface area contributed by atoms with Crippen molar-refractivity contribution in [1.29, 1.82) is 0 Å². The van der Waals surface area contributed by atoms with Gasteiger partial charge < -0.3 is 0 Å². The number of nitrogens with zero attached hydrogens (tertiary/aromatic N) is 2. The van der Waals surface area contributed by atoms with Crippen molar-refractivity contribution in [3.63, 3.8) is 0 Å². The standard InChI is InChI=1S/C10H18N2OS/c1-2-11-7-8-12(10(11)13)6-4-3-5-9-14/h7-8,14H,2-6,9H2,1H3. The average Bonchev–Trinajstić information content (AvgIpc) is 2.55. The van der Waals surface area contributed by atoms with Crippen LogP contribution in [0.3, 0.4) is 0 Å². The van der Waals surface area contributed by atoms with Crippen LogP contribution in [0.5, 0.6) is 0 Å². The minimum absolute atomic E-state index is 0.110. The van der Waals surface area contributed by atoms with E-state index >= 15 is 0 Å². The molecule has 0 spiro atoms. The first-order chi connectivity index (χ1) is 6.79. The fourth-order valence-corrected chi connectivity index (χ4v) is 1.66. The van der Waals surface area contributed by atoms with Crippen molar-refractivity contribution in [3.05, 3.63) is 22.9 Å². The quantitative estimate of drug-likeness (QED) is 0.567. The highest BCUT2D eigenvalue weighted by Gasteiger charge is 1.99. The zero-order valence-corrected chi connectivity index (χ0v) is 9.54. The van der Waals surface area contributed by atoms with Crippen LogP contribution in [0.25, 0.3) is 0 Å². The molecule has 0 saturated carbocycles. The van der Waals surface area contributed by atoms with E-state index in [2.05, 4.69) is 12.6 Å². The summed E-state index contributed by atoms with van der Waals surface area (Å²) in [5.41, 5.74) is 0.110. The molecular weight excluding hydrogens is 196 g/mol. The van der Waals surface area contributed by atoms with Gasteiger partial charge in [-0.3, -0.25) is 9.13 Å². The maximum Gasteiger partial charge on any atom is 0.328 e. The van der Waals surface area contributed by atoms with Gasteiger partial charge in [-0.1, -0.05) is 6.42 Å². The third-order valence-electron chi connectivity index (χ3n) is 2.32. The number of rotatable bonds is 6. The lowest BCUT2D eigenvalue weighted by atomic mass is 10.2. The first kappa shape index (κ1) is 11.4.